The van der Waals surface area contributed by atoms with Crippen LogP contribution >= 0.6 is 0 Å². The summed E-state index contributed by atoms with van der Waals surface area (Å²) >= 11 is 0. The molecule has 2 amide bonds. The van der Waals surface area contributed by atoms with Crippen molar-refractivity contribution in [3.63, 3.8) is 0 Å². The zero-order valence-electron chi connectivity index (χ0n) is 16.7. The van der Waals surface area contributed by atoms with E-state index in [1.807, 2.05) is 24.3 Å². The number of carbonyl (C=O) groups excluding carboxylic acids is 2. The van der Waals surface area contributed by atoms with Crippen LogP contribution in [0.25, 0.3) is 6.08 Å². The number of para-hydroxylation sites is 1. The predicted octanol–water partition coefficient (Wildman–Crippen LogP) is 5.24. The van der Waals surface area contributed by atoms with Gasteiger partial charge in [-0.05, 0) is 48.0 Å². The van der Waals surface area contributed by atoms with Crippen molar-refractivity contribution in [2.24, 2.45) is 0 Å². The van der Waals surface area contributed by atoms with Gasteiger partial charge in [-0.3, -0.25) is 4.79 Å². The van der Waals surface area contributed by atoms with Gasteiger partial charge >= 0.3 is 6.03 Å². The molecule has 0 aliphatic heterocycles. The molecular weight excluding hydrogens is 380 g/mol. The van der Waals surface area contributed by atoms with Crippen molar-refractivity contribution in [2.75, 3.05) is 24.9 Å². The van der Waals surface area contributed by atoms with Crippen LogP contribution in [0.1, 0.15) is 15.9 Å². The summed E-state index contributed by atoms with van der Waals surface area (Å²) in [6.45, 7) is 0. The number of benzene rings is 3. The number of ketones is 1. The summed E-state index contributed by atoms with van der Waals surface area (Å²) < 4.78 is 10.5. The van der Waals surface area contributed by atoms with Gasteiger partial charge in [0.25, 0.3) is 0 Å². The first-order valence-corrected chi connectivity index (χ1v) is 9.26. The lowest BCUT2D eigenvalue weighted by Crippen LogP contribution is -2.19. The number of nitrogens with one attached hydrogen (secondary N) is 2. The zero-order chi connectivity index (χ0) is 21.3. The van der Waals surface area contributed by atoms with Gasteiger partial charge in [-0.2, -0.15) is 0 Å². The molecule has 0 heterocycles. The quantitative estimate of drug-likeness (QED) is 0.418. The first-order chi connectivity index (χ1) is 14.6. The first-order valence-electron chi connectivity index (χ1n) is 9.26. The minimum atomic E-state index is -0.383. The van der Waals surface area contributed by atoms with Gasteiger partial charge in [0.15, 0.2) is 17.3 Å². The second-order valence-electron chi connectivity index (χ2n) is 6.34. The van der Waals surface area contributed by atoms with E-state index in [0.717, 1.165) is 5.56 Å². The Labute approximate surface area is 175 Å². The number of hydrogen-bond acceptors (Lipinski definition) is 4. The number of carbonyl (C=O) groups is 2. The van der Waals surface area contributed by atoms with E-state index in [1.54, 1.807) is 68.8 Å². The molecule has 30 heavy (non-hydrogen) atoms. The molecule has 0 fully saturated rings. The minimum absolute atomic E-state index is 0.183. The number of anilines is 2. The highest BCUT2D eigenvalue weighted by molar-refractivity contribution is 6.08. The van der Waals surface area contributed by atoms with Gasteiger partial charge in [0.1, 0.15) is 0 Å². The second-order valence-corrected chi connectivity index (χ2v) is 6.34. The molecule has 3 aromatic carbocycles. The van der Waals surface area contributed by atoms with E-state index < -0.39 is 0 Å². The van der Waals surface area contributed by atoms with Crippen LogP contribution < -0.4 is 20.1 Å². The Kier molecular flexibility index (Phi) is 6.84. The Morgan fingerprint density at radius 1 is 0.767 bits per heavy atom. The molecule has 0 unspecified atom stereocenters. The van der Waals surface area contributed by atoms with Crippen LogP contribution in [0.5, 0.6) is 11.5 Å². The number of rotatable bonds is 7. The van der Waals surface area contributed by atoms with E-state index in [9.17, 15) is 9.59 Å². The molecule has 0 aliphatic rings. The van der Waals surface area contributed by atoms with Crippen LogP contribution in [-0.2, 0) is 0 Å². The van der Waals surface area contributed by atoms with Crippen LogP contribution in [0.3, 0.4) is 0 Å². The molecule has 3 aromatic rings. The standard InChI is InChI=1S/C24H22N2O4/c1-29-22-14-12-17(15-23(22)30-2)11-13-21(27)18-7-6-10-20(16-18)26-24(28)25-19-8-4-3-5-9-19/h3-16H,1-2H3,(H2,25,26,28)/b13-11+. The molecule has 0 atom stereocenters. The van der Waals surface area contributed by atoms with Gasteiger partial charge in [-0.15, -0.1) is 0 Å². The Balaban J connectivity index is 1.67. The van der Waals surface area contributed by atoms with Crippen LogP contribution in [0, 0.1) is 0 Å². The van der Waals surface area contributed by atoms with Gasteiger partial charge in [-0.25, -0.2) is 4.79 Å². The molecule has 0 saturated carbocycles. The van der Waals surface area contributed by atoms with Crippen molar-refractivity contribution in [2.45, 2.75) is 0 Å². The first kappa shape index (κ1) is 20.7. The fourth-order valence-electron chi connectivity index (χ4n) is 2.79. The number of urea groups is 1. The predicted molar refractivity (Wildman–Crippen MR) is 118 cm³/mol. The third kappa shape index (κ3) is 5.48. The SMILES string of the molecule is COc1ccc(/C=C/C(=O)c2cccc(NC(=O)Nc3ccccc3)c2)cc1OC. The monoisotopic (exact) mass is 402 g/mol. The lowest BCUT2D eigenvalue weighted by molar-refractivity contribution is 0.104. The summed E-state index contributed by atoms with van der Waals surface area (Å²) in [6.07, 6.45) is 3.18. The van der Waals surface area contributed by atoms with Crippen molar-refractivity contribution >= 4 is 29.3 Å². The highest BCUT2D eigenvalue weighted by Gasteiger charge is 2.07. The van der Waals surface area contributed by atoms with Crippen LogP contribution in [0.4, 0.5) is 16.2 Å². The molecule has 152 valence electrons. The normalized spacial score (nSPS) is 10.5. The van der Waals surface area contributed by atoms with E-state index in [4.69, 9.17) is 9.47 Å². The maximum Gasteiger partial charge on any atom is 0.323 e. The summed E-state index contributed by atoms with van der Waals surface area (Å²) in [6, 6.07) is 20.9. The fraction of sp³-hybridized carbons (Fsp3) is 0.0833. The summed E-state index contributed by atoms with van der Waals surface area (Å²) in [5.41, 5.74) is 2.47. The van der Waals surface area contributed by atoms with Crippen LogP contribution in [-0.4, -0.2) is 26.0 Å². The van der Waals surface area contributed by atoms with Crippen molar-refractivity contribution in [3.8, 4) is 11.5 Å². The molecule has 6 heteroatoms. The highest BCUT2D eigenvalue weighted by atomic mass is 16.5. The summed E-state index contributed by atoms with van der Waals surface area (Å²) in [5.74, 6) is 1.02. The Bertz CT molecular complexity index is 1060. The molecule has 0 spiro atoms. The number of methoxy groups -OCH3 is 2. The maximum absolute atomic E-state index is 12.6. The Hall–Kier alpha value is -4.06. The van der Waals surface area contributed by atoms with Gasteiger partial charge in [0.2, 0.25) is 0 Å². The number of allylic oxidation sites excluding steroid dienone is 1. The second kappa shape index (κ2) is 9.93. The Morgan fingerprint density at radius 3 is 2.20 bits per heavy atom. The molecule has 0 radical (unpaired) electrons. The number of ether oxygens (including phenoxy) is 2. The van der Waals surface area contributed by atoms with Crippen molar-refractivity contribution in [1.82, 2.24) is 0 Å². The Morgan fingerprint density at radius 2 is 1.47 bits per heavy atom. The third-order valence-electron chi connectivity index (χ3n) is 4.27. The van der Waals surface area contributed by atoms with E-state index >= 15 is 0 Å². The highest BCUT2D eigenvalue weighted by Crippen LogP contribution is 2.28. The molecule has 2 N–H and O–H groups in total. The summed E-state index contributed by atoms with van der Waals surface area (Å²) in [5, 5.41) is 5.47. The van der Waals surface area contributed by atoms with Crippen molar-refractivity contribution in [3.05, 3.63) is 90.0 Å². The molecular formula is C24H22N2O4. The lowest BCUT2D eigenvalue weighted by atomic mass is 10.1. The molecule has 0 bridgehead atoms. The van der Waals surface area contributed by atoms with Gasteiger partial charge in [0, 0.05) is 16.9 Å². The van der Waals surface area contributed by atoms with Crippen molar-refractivity contribution < 1.29 is 19.1 Å². The van der Waals surface area contributed by atoms with Gasteiger partial charge in [-0.1, -0.05) is 42.5 Å². The minimum Gasteiger partial charge on any atom is -0.493 e. The number of hydrogen-bond donors (Lipinski definition) is 2. The van der Waals surface area contributed by atoms with Crippen LogP contribution in [0.2, 0.25) is 0 Å². The van der Waals surface area contributed by atoms with E-state index in [0.29, 0.717) is 28.4 Å². The third-order valence-corrected chi connectivity index (χ3v) is 4.27. The van der Waals surface area contributed by atoms with Gasteiger partial charge in [0.05, 0.1) is 14.2 Å². The average Bonchev–Trinajstić information content (AvgIpc) is 2.78. The maximum atomic E-state index is 12.6. The van der Waals surface area contributed by atoms with E-state index in [1.165, 1.54) is 6.08 Å². The van der Waals surface area contributed by atoms with E-state index in [2.05, 4.69) is 10.6 Å². The topological polar surface area (TPSA) is 76.7 Å². The molecule has 0 aromatic heterocycles. The zero-order valence-corrected chi connectivity index (χ0v) is 16.7. The summed E-state index contributed by atoms with van der Waals surface area (Å²) in [7, 11) is 3.13. The molecule has 6 nitrogen and oxygen atoms in total. The molecule has 0 aliphatic carbocycles. The van der Waals surface area contributed by atoms with Crippen molar-refractivity contribution in [1.29, 1.82) is 0 Å². The van der Waals surface area contributed by atoms with E-state index in [-0.39, 0.29) is 11.8 Å². The lowest BCUT2D eigenvalue weighted by Gasteiger charge is -2.08. The smallest absolute Gasteiger partial charge is 0.323 e. The number of amides is 2. The van der Waals surface area contributed by atoms with Crippen LogP contribution in [0.15, 0.2) is 78.9 Å². The molecule has 0 saturated heterocycles. The average molecular weight is 402 g/mol. The largest absolute Gasteiger partial charge is 0.493 e. The molecule has 3 rings (SSSR count). The van der Waals surface area contributed by atoms with Gasteiger partial charge < -0.3 is 20.1 Å². The summed E-state index contributed by atoms with van der Waals surface area (Å²) in [4.78, 5) is 24.7. The fourth-order valence-corrected chi connectivity index (χ4v) is 2.79.